The van der Waals surface area contributed by atoms with Crippen molar-refractivity contribution in [2.75, 3.05) is 13.1 Å². The summed E-state index contributed by atoms with van der Waals surface area (Å²) in [6, 6.07) is 20.0. The molecule has 200 valence electrons. The summed E-state index contributed by atoms with van der Waals surface area (Å²) >= 11 is 0. The summed E-state index contributed by atoms with van der Waals surface area (Å²) in [5.41, 5.74) is 2.38. The van der Waals surface area contributed by atoms with Crippen LogP contribution in [0.15, 0.2) is 85.2 Å². The van der Waals surface area contributed by atoms with Gasteiger partial charge in [-0.15, -0.1) is 0 Å². The van der Waals surface area contributed by atoms with Gasteiger partial charge in [-0.2, -0.15) is 0 Å². The van der Waals surface area contributed by atoms with Gasteiger partial charge in [0.2, 0.25) is 0 Å². The summed E-state index contributed by atoms with van der Waals surface area (Å²) in [6.07, 6.45) is 3.49. The van der Waals surface area contributed by atoms with E-state index in [1.807, 2.05) is 0 Å². The molecule has 0 bridgehead atoms. The van der Waals surface area contributed by atoms with E-state index < -0.39 is 23.6 Å². The van der Waals surface area contributed by atoms with E-state index in [9.17, 15) is 28.8 Å². The highest BCUT2D eigenvalue weighted by molar-refractivity contribution is 6.23. The van der Waals surface area contributed by atoms with Gasteiger partial charge in [0.1, 0.15) is 0 Å². The molecule has 0 saturated heterocycles. The van der Waals surface area contributed by atoms with Gasteiger partial charge in [-0.1, -0.05) is 24.3 Å². The van der Waals surface area contributed by atoms with Crippen molar-refractivity contribution in [3.05, 3.63) is 119 Å². The van der Waals surface area contributed by atoms with Crippen molar-refractivity contribution in [2.24, 2.45) is 14.1 Å². The van der Waals surface area contributed by atoms with Gasteiger partial charge in [0.15, 0.2) is 11.6 Å². The molecule has 2 aromatic heterocycles. The molecule has 0 unspecified atom stereocenters. The Morgan fingerprint density at radius 2 is 0.800 bits per heavy atom. The molecule has 6 rings (SSSR count). The maximum Gasteiger partial charge on any atom is 0.261 e. The molecule has 0 spiro atoms. The number of aromatic nitrogens is 2. The standard InChI is InChI=1S/2C15H12N2O3/c2*1-16-8-4-7-12(16)13(18)9-17-14(19)10-5-2-3-6-11(10)15(17)20/h2*2-8H,9H2,1H3. The number of fused-ring (bicyclic) bond motifs is 2. The first kappa shape index (κ1) is 26.2. The number of amides is 4. The lowest BCUT2D eigenvalue weighted by molar-refractivity contribution is 0.0615. The fourth-order valence-electron chi connectivity index (χ4n) is 4.72. The Morgan fingerprint density at radius 3 is 1.05 bits per heavy atom. The van der Waals surface area contributed by atoms with Gasteiger partial charge in [0.05, 0.1) is 46.7 Å². The summed E-state index contributed by atoms with van der Waals surface area (Å²) in [5.74, 6) is -2.15. The van der Waals surface area contributed by atoms with Crippen molar-refractivity contribution in [1.82, 2.24) is 18.9 Å². The third-order valence-electron chi connectivity index (χ3n) is 6.82. The van der Waals surface area contributed by atoms with Gasteiger partial charge >= 0.3 is 0 Å². The lowest BCUT2D eigenvalue weighted by Gasteiger charge is -2.12. The average Bonchev–Trinajstić information content (AvgIpc) is 3.70. The normalized spacial score (nSPS) is 13.8. The van der Waals surface area contributed by atoms with Crippen LogP contribution in [0.4, 0.5) is 0 Å². The Bertz CT molecular complexity index is 1520. The minimum Gasteiger partial charge on any atom is -0.348 e. The van der Waals surface area contributed by atoms with Crippen LogP contribution in [0.3, 0.4) is 0 Å². The second-order valence-corrected chi connectivity index (χ2v) is 9.34. The zero-order valence-corrected chi connectivity index (χ0v) is 21.7. The number of hydrogen-bond acceptors (Lipinski definition) is 6. The monoisotopic (exact) mass is 536 g/mol. The molecule has 0 aliphatic carbocycles. The lowest BCUT2D eigenvalue weighted by Crippen LogP contribution is -2.35. The summed E-state index contributed by atoms with van der Waals surface area (Å²) in [5, 5.41) is 0. The Morgan fingerprint density at radius 1 is 0.500 bits per heavy atom. The molecular formula is C30H24N4O6. The Hall–Kier alpha value is -5.38. The number of hydrogen-bond donors (Lipinski definition) is 0. The van der Waals surface area contributed by atoms with Crippen molar-refractivity contribution in [3.63, 3.8) is 0 Å². The van der Waals surface area contributed by atoms with Crippen LogP contribution in [-0.2, 0) is 14.1 Å². The molecule has 0 radical (unpaired) electrons. The predicted molar refractivity (Wildman–Crippen MR) is 143 cm³/mol. The van der Waals surface area contributed by atoms with Gasteiger partial charge in [-0.05, 0) is 48.5 Å². The molecule has 2 aliphatic heterocycles. The van der Waals surface area contributed by atoms with E-state index in [0.717, 1.165) is 9.80 Å². The fourth-order valence-corrected chi connectivity index (χ4v) is 4.72. The van der Waals surface area contributed by atoms with Gasteiger partial charge in [-0.25, -0.2) is 0 Å². The second kappa shape index (κ2) is 10.4. The van der Waals surface area contributed by atoms with Crippen molar-refractivity contribution < 1.29 is 28.8 Å². The number of nitrogens with zero attached hydrogens (tertiary/aromatic N) is 4. The van der Waals surface area contributed by atoms with Crippen LogP contribution in [0.5, 0.6) is 0 Å². The van der Waals surface area contributed by atoms with Gasteiger partial charge in [0.25, 0.3) is 23.6 Å². The van der Waals surface area contributed by atoms with Crippen LogP contribution in [0.2, 0.25) is 0 Å². The number of aryl methyl sites for hydroxylation is 2. The van der Waals surface area contributed by atoms with E-state index in [2.05, 4.69) is 0 Å². The summed E-state index contributed by atoms with van der Waals surface area (Å²) in [7, 11) is 3.49. The molecule has 10 nitrogen and oxygen atoms in total. The number of carbonyl (C=O) groups excluding carboxylic acids is 6. The molecular weight excluding hydrogens is 512 g/mol. The van der Waals surface area contributed by atoms with Crippen LogP contribution < -0.4 is 0 Å². The Balaban J connectivity index is 0.000000161. The molecule has 4 aromatic rings. The Kier molecular flexibility index (Phi) is 6.83. The van der Waals surface area contributed by atoms with Crippen LogP contribution >= 0.6 is 0 Å². The molecule has 4 amide bonds. The molecule has 2 aromatic carbocycles. The fraction of sp³-hybridized carbons (Fsp3) is 0.133. The first-order valence-corrected chi connectivity index (χ1v) is 12.4. The number of carbonyl (C=O) groups is 6. The van der Waals surface area contributed by atoms with Crippen molar-refractivity contribution in [2.45, 2.75) is 0 Å². The average molecular weight is 537 g/mol. The smallest absolute Gasteiger partial charge is 0.261 e. The van der Waals surface area contributed by atoms with E-state index >= 15 is 0 Å². The van der Waals surface area contributed by atoms with Gasteiger partial charge < -0.3 is 9.13 Å². The quantitative estimate of drug-likeness (QED) is 0.276. The third kappa shape index (κ3) is 4.55. The molecule has 0 fully saturated rings. The molecule has 0 N–H and O–H groups in total. The molecule has 2 aliphatic rings. The minimum absolute atomic E-state index is 0.232. The van der Waals surface area contributed by atoms with E-state index in [-0.39, 0.29) is 24.7 Å². The lowest BCUT2D eigenvalue weighted by atomic mass is 10.1. The van der Waals surface area contributed by atoms with Gasteiger partial charge in [0, 0.05) is 26.5 Å². The maximum absolute atomic E-state index is 12.2. The SMILES string of the molecule is Cn1cccc1C(=O)CN1C(=O)c2ccccc2C1=O.Cn1cccc1C(=O)CN1C(=O)c2ccccc2C1=O. The highest BCUT2D eigenvalue weighted by atomic mass is 16.2. The third-order valence-corrected chi connectivity index (χ3v) is 6.82. The molecule has 0 saturated carbocycles. The minimum atomic E-state index is -0.409. The Labute approximate surface area is 229 Å². The number of imide groups is 2. The van der Waals surface area contributed by atoms with E-state index in [4.69, 9.17) is 0 Å². The van der Waals surface area contributed by atoms with E-state index in [0.29, 0.717) is 33.6 Å². The van der Waals surface area contributed by atoms with Crippen LogP contribution in [0.1, 0.15) is 62.4 Å². The zero-order valence-electron chi connectivity index (χ0n) is 21.7. The summed E-state index contributed by atoms with van der Waals surface area (Å²) in [4.78, 5) is 74.9. The maximum atomic E-state index is 12.2. The summed E-state index contributed by atoms with van der Waals surface area (Å²) < 4.78 is 3.33. The molecule has 4 heterocycles. The van der Waals surface area contributed by atoms with Crippen LogP contribution in [0.25, 0.3) is 0 Å². The first-order chi connectivity index (χ1) is 19.2. The predicted octanol–water partition coefficient (Wildman–Crippen LogP) is 3.01. The second-order valence-electron chi connectivity index (χ2n) is 9.34. The van der Waals surface area contributed by atoms with Crippen LogP contribution in [0, 0.1) is 0 Å². The van der Waals surface area contributed by atoms with E-state index in [1.165, 1.54) is 0 Å². The number of rotatable bonds is 6. The number of ketones is 2. The zero-order chi connectivity index (χ0) is 28.6. The van der Waals surface area contributed by atoms with Gasteiger partial charge in [-0.3, -0.25) is 38.6 Å². The highest BCUT2D eigenvalue weighted by Gasteiger charge is 2.37. The largest absolute Gasteiger partial charge is 0.348 e. The van der Waals surface area contributed by atoms with Crippen molar-refractivity contribution in [1.29, 1.82) is 0 Å². The van der Waals surface area contributed by atoms with E-state index in [1.54, 1.807) is 108 Å². The highest BCUT2D eigenvalue weighted by Crippen LogP contribution is 2.23. The molecule has 0 atom stereocenters. The topological polar surface area (TPSA) is 119 Å². The number of benzene rings is 2. The molecule has 10 heteroatoms. The van der Waals surface area contributed by atoms with Crippen molar-refractivity contribution >= 4 is 35.2 Å². The van der Waals surface area contributed by atoms with Crippen molar-refractivity contribution in [3.8, 4) is 0 Å². The number of Topliss-reactive ketones (excluding diaryl/α,β-unsaturated/α-hetero) is 2. The summed E-state index contributed by atoms with van der Waals surface area (Å²) in [6.45, 7) is -0.464. The van der Waals surface area contributed by atoms with Crippen LogP contribution in [-0.4, -0.2) is 67.2 Å². The molecule has 40 heavy (non-hydrogen) atoms. The first-order valence-electron chi connectivity index (χ1n) is 12.4.